The molecule has 0 saturated carbocycles. The first kappa shape index (κ1) is 10.4. The zero-order valence-corrected chi connectivity index (χ0v) is 9.06. The maximum absolute atomic E-state index is 12.0. The Morgan fingerprint density at radius 2 is 1.81 bits per heavy atom. The van der Waals surface area contributed by atoms with E-state index in [1.54, 1.807) is 24.3 Å². The number of allylic oxidation sites excluding steroid dienone is 1. The molecule has 4 nitrogen and oxygen atoms in total. The Hall–Kier alpha value is -2.10. The first-order valence-corrected chi connectivity index (χ1v) is 4.79. The van der Waals surface area contributed by atoms with Gasteiger partial charge >= 0.3 is 0 Å². The number of carbonyl (C=O) groups excluding carboxylic acids is 1. The maximum Gasteiger partial charge on any atom is 0.260 e. The summed E-state index contributed by atoms with van der Waals surface area (Å²) < 4.78 is 9.97. The van der Waals surface area contributed by atoms with Crippen molar-refractivity contribution in [3.05, 3.63) is 47.5 Å². The van der Waals surface area contributed by atoms with Gasteiger partial charge < -0.3 is 9.47 Å². The smallest absolute Gasteiger partial charge is 0.260 e. The highest BCUT2D eigenvalue weighted by Gasteiger charge is 2.31. The molecule has 0 aliphatic carbocycles. The summed E-state index contributed by atoms with van der Waals surface area (Å²) in [6, 6.07) is 8.94. The second-order valence-electron chi connectivity index (χ2n) is 3.20. The van der Waals surface area contributed by atoms with Crippen LogP contribution in [0.5, 0.6) is 0 Å². The van der Waals surface area contributed by atoms with Gasteiger partial charge in [-0.3, -0.25) is 4.79 Å². The van der Waals surface area contributed by atoms with Crippen molar-refractivity contribution >= 4 is 11.5 Å². The van der Waals surface area contributed by atoms with Crippen LogP contribution in [0.2, 0.25) is 0 Å². The predicted molar refractivity (Wildman–Crippen MR) is 59.3 cm³/mol. The molecule has 1 heterocycles. The minimum Gasteiger partial charge on any atom is -0.490 e. The zero-order valence-electron chi connectivity index (χ0n) is 9.06. The van der Waals surface area contributed by atoms with Gasteiger partial charge in [0.05, 0.1) is 14.2 Å². The normalized spacial score (nSPS) is 14.0. The monoisotopic (exact) mass is 217 g/mol. The van der Waals surface area contributed by atoms with Crippen LogP contribution in [0, 0.1) is 0 Å². The molecule has 1 aromatic rings. The topological polar surface area (TPSA) is 47.9 Å². The van der Waals surface area contributed by atoms with Gasteiger partial charge in [-0.15, -0.1) is 0 Å². The predicted octanol–water partition coefficient (Wildman–Crippen LogP) is 1.79. The van der Waals surface area contributed by atoms with E-state index in [-0.39, 0.29) is 5.78 Å². The number of aliphatic imine (C=N–C) groups is 1. The lowest BCUT2D eigenvalue weighted by atomic mass is 10.0. The zero-order chi connectivity index (χ0) is 11.5. The largest absolute Gasteiger partial charge is 0.490 e. The third-order valence-electron chi connectivity index (χ3n) is 2.27. The second-order valence-corrected chi connectivity index (χ2v) is 3.20. The Kier molecular flexibility index (Phi) is 2.72. The van der Waals surface area contributed by atoms with Crippen molar-refractivity contribution in [2.75, 3.05) is 14.2 Å². The first-order chi connectivity index (χ1) is 7.77. The lowest BCUT2D eigenvalue weighted by Crippen LogP contribution is -2.26. The molecule has 0 saturated heterocycles. The van der Waals surface area contributed by atoms with Gasteiger partial charge in [-0.2, -0.15) is 0 Å². The van der Waals surface area contributed by atoms with Crippen molar-refractivity contribution in [1.82, 2.24) is 0 Å². The fraction of sp³-hybridized carbons (Fsp3) is 0.167. The van der Waals surface area contributed by atoms with Gasteiger partial charge in [-0.25, -0.2) is 4.99 Å². The Balaban J connectivity index is 2.21. The van der Waals surface area contributed by atoms with Gasteiger partial charge in [0.15, 0.2) is 5.71 Å². The SMILES string of the molecule is COC1=C(OC)C(C(=O)c2ccccc2)=N1. The van der Waals surface area contributed by atoms with Gasteiger partial charge in [0.1, 0.15) is 0 Å². The van der Waals surface area contributed by atoms with Crippen LogP contribution in [-0.2, 0) is 9.47 Å². The van der Waals surface area contributed by atoms with Crippen LogP contribution >= 0.6 is 0 Å². The second kappa shape index (κ2) is 4.18. The van der Waals surface area contributed by atoms with Crippen LogP contribution in [0.1, 0.15) is 10.4 Å². The molecule has 1 aromatic carbocycles. The van der Waals surface area contributed by atoms with Crippen molar-refractivity contribution < 1.29 is 14.3 Å². The summed E-state index contributed by atoms with van der Waals surface area (Å²) in [4.78, 5) is 15.9. The van der Waals surface area contributed by atoms with Gasteiger partial charge in [0.2, 0.25) is 11.5 Å². The van der Waals surface area contributed by atoms with E-state index >= 15 is 0 Å². The molecule has 0 spiro atoms. The molecule has 0 amide bonds. The molecule has 0 bridgehead atoms. The highest BCUT2D eigenvalue weighted by atomic mass is 16.5. The van der Waals surface area contributed by atoms with Crippen LogP contribution in [-0.4, -0.2) is 25.7 Å². The number of rotatable bonds is 4. The van der Waals surface area contributed by atoms with Gasteiger partial charge in [-0.05, 0) is 0 Å². The highest BCUT2D eigenvalue weighted by Crippen LogP contribution is 2.23. The van der Waals surface area contributed by atoms with Crippen LogP contribution in [0.25, 0.3) is 0 Å². The van der Waals surface area contributed by atoms with E-state index in [2.05, 4.69) is 4.99 Å². The summed E-state index contributed by atoms with van der Waals surface area (Å²) in [5, 5.41) is 0. The van der Waals surface area contributed by atoms with E-state index < -0.39 is 0 Å². The number of hydrogen-bond acceptors (Lipinski definition) is 4. The lowest BCUT2D eigenvalue weighted by Gasteiger charge is -2.18. The van der Waals surface area contributed by atoms with Gasteiger partial charge in [-0.1, -0.05) is 30.3 Å². The molecule has 1 aliphatic rings. The molecule has 82 valence electrons. The van der Waals surface area contributed by atoms with E-state index in [1.807, 2.05) is 6.07 Å². The molecule has 0 aromatic heterocycles. The van der Waals surface area contributed by atoms with Crippen LogP contribution in [0.3, 0.4) is 0 Å². The van der Waals surface area contributed by atoms with Crippen molar-refractivity contribution in [1.29, 1.82) is 0 Å². The number of ether oxygens (including phenoxy) is 2. The number of benzene rings is 1. The fourth-order valence-corrected chi connectivity index (χ4v) is 1.45. The summed E-state index contributed by atoms with van der Waals surface area (Å²) >= 11 is 0. The molecule has 0 radical (unpaired) electrons. The standard InChI is InChI=1S/C12H11NO3/c1-15-11-9(13-12(11)16-2)10(14)8-6-4-3-5-7-8/h3-7H,1-2H3. The van der Waals surface area contributed by atoms with E-state index in [1.165, 1.54) is 14.2 Å². The molecule has 4 heteroatoms. The Labute approximate surface area is 93.2 Å². The van der Waals surface area contributed by atoms with Crippen LogP contribution in [0.15, 0.2) is 47.0 Å². The maximum atomic E-state index is 12.0. The number of carbonyl (C=O) groups is 1. The van der Waals surface area contributed by atoms with E-state index in [4.69, 9.17) is 9.47 Å². The molecule has 1 aliphatic heterocycles. The summed E-state index contributed by atoms with van der Waals surface area (Å²) in [6.07, 6.45) is 0. The van der Waals surface area contributed by atoms with E-state index in [9.17, 15) is 4.79 Å². The molecule has 0 N–H and O–H groups in total. The molecule has 16 heavy (non-hydrogen) atoms. The fourth-order valence-electron chi connectivity index (χ4n) is 1.45. The van der Waals surface area contributed by atoms with Crippen molar-refractivity contribution in [3.63, 3.8) is 0 Å². The third-order valence-corrected chi connectivity index (χ3v) is 2.27. The Morgan fingerprint density at radius 3 is 2.38 bits per heavy atom. The van der Waals surface area contributed by atoms with Crippen LogP contribution in [0.4, 0.5) is 0 Å². The average molecular weight is 217 g/mol. The van der Waals surface area contributed by atoms with E-state index in [0.29, 0.717) is 22.9 Å². The molecule has 0 fully saturated rings. The molecule has 2 rings (SSSR count). The third kappa shape index (κ3) is 1.58. The molecule has 0 unspecified atom stereocenters. The summed E-state index contributed by atoms with van der Waals surface area (Å²) in [6.45, 7) is 0. The lowest BCUT2D eigenvalue weighted by molar-refractivity contribution is 0.105. The number of methoxy groups -OCH3 is 2. The number of Topliss-reactive ketones (excluding diaryl/α,β-unsaturated/α-hetero) is 1. The van der Waals surface area contributed by atoms with Gasteiger partial charge in [0, 0.05) is 5.56 Å². The summed E-state index contributed by atoms with van der Waals surface area (Å²) in [5.74, 6) is 0.622. The van der Waals surface area contributed by atoms with Crippen molar-refractivity contribution in [2.45, 2.75) is 0 Å². The molecule has 0 atom stereocenters. The number of ketones is 1. The minimum atomic E-state index is -0.154. The Morgan fingerprint density at radius 1 is 1.12 bits per heavy atom. The summed E-state index contributed by atoms with van der Waals surface area (Å²) in [5.41, 5.74) is 0.900. The van der Waals surface area contributed by atoms with Crippen molar-refractivity contribution in [2.24, 2.45) is 4.99 Å². The number of hydrogen-bond donors (Lipinski definition) is 0. The average Bonchev–Trinajstić information content (AvgIpc) is 2.30. The minimum absolute atomic E-state index is 0.154. The number of nitrogens with zero attached hydrogens (tertiary/aromatic N) is 1. The first-order valence-electron chi connectivity index (χ1n) is 4.79. The highest BCUT2D eigenvalue weighted by molar-refractivity contribution is 6.52. The van der Waals surface area contributed by atoms with Gasteiger partial charge in [0.25, 0.3) is 5.88 Å². The van der Waals surface area contributed by atoms with E-state index in [0.717, 1.165) is 0 Å². The van der Waals surface area contributed by atoms with Crippen molar-refractivity contribution in [3.8, 4) is 0 Å². The quantitative estimate of drug-likeness (QED) is 0.722. The molecular weight excluding hydrogens is 206 g/mol. The Bertz CT molecular complexity index is 474. The molecular formula is C12H11NO3. The van der Waals surface area contributed by atoms with Crippen LogP contribution < -0.4 is 0 Å². The summed E-state index contributed by atoms with van der Waals surface area (Å²) in [7, 11) is 2.98.